The lowest BCUT2D eigenvalue weighted by Crippen LogP contribution is -2.55. The molecular formula is C11H14BrN3O. The van der Waals surface area contributed by atoms with Crippen LogP contribution in [0.15, 0.2) is 22.8 Å². The Bertz CT molecular complexity index is 404. The minimum atomic E-state index is -0.198. The SMILES string of the molecule is NC1(CNC(=O)c2ncccc2Br)CCC1. The van der Waals surface area contributed by atoms with E-state index in [1.807, 2.05) is 0 Å². The van der Waals surface area contributed by atoms with Crippen LogP contribution in [-0.4, -0.2) is 23.0 Å². The molecule has 0 aromatic carbocycles. The summed E-state index contributed by atoms with van der Waals surface area (Å²) in [5, 5.41) is 2.83. The molecule has 0 radical (unpaired) electrons. The first kappa shape index (κ1) is 11.5. The summed E-state index contributed by atoms with van der Waals surface area (Å²) in [5.74, 6) is -0.177. The first-order valence-electron chi connectivity index (χ1n) is 5.28. The Morgan fingerprint density at radius 3 is 2.94 bits per heavy atom. The zero-order chi connectivity index (χ0) is 11.6. The molecule has 0 bridgehead atoms. The molecule has 1 aliphatic carbocycles. The molecule has 1 amide bonds. The topological polar surface area (TPSA) is 68.0 Å². The van der Waals surface area contributed by atoms with Gasteiger partial charge in [-0.1, -0.05) is 0 Å². The maximum atomic E-state index is 11.8. The van der Waals surface area contributed by atoms with Crippen molar-refractivity contribution < 1.29 is 4.79 Å². The first-order chi connectivity index (χ1) is 7.61. The fraction of sp³-hybridized carbons (Fsp3) is 0.455. The van der Waals surface area contributed by atoms with Crippen LogP contribution in [0, 0.1) is 0 Å². The average Bonchev–Trinajstić information content (AvgIpc) is 2.24. The van der Waals surface area contributed by atoms with E-state index in [9.17, 15) is 4.79 Å². The van der Waals surface area contributed by atoms with Gasteiger partial charge < -0.3 is 11.1 Å². The Hall–Kier alpha value is -0.940. The quantitative estimate of drug-likeness (QED) is 0.883. The Kier molecular flexibility index (Phi) is 3.25. The average molecular weight is 284 g/mol. The van der Waals surface area contributed by atoms with Gasteiger partial charge in [-0.3, -0.25) is 4.79 Å². The molecule has 1 heterocycles. The van der Waals surface area contributed by atoms with Gasteiger partial charge in [0.25, 0.3) is 5.91 Å². The third-order valence-corrected chi connectivity index (χ3v) is 3.56. The largest absolute Gasteiger partial charge is 0.349 e. The molecule has 1 aromatic rings. The highest BCUT2D eigenvalue weighted by molar-refractivity contribution is 9.10. The molecule has 1 aromatic heterocycles. The molecule has 3 N–H and O–H groups in total. The molecule has 0 atom stereocenters. The van der Waals surface area contributed by atoms with Crippen LogP contribution >= 0.6 is 15.9 Å². The molecule has 16 heavy (non-hydrogen) atoms. The van der Waals surface area contributed by atoms with Crippen molar-refractivity contribution in [1.29, 1.82) is 0 Å². The van der Waals surface area contributed by atoms with E-state index in [4.69, 9.17) is 5.73 Å². The molecule has 5 heteroatoms. The zero-order valence-electron chi connectivity index (χ0n) is 8.87. The Morgan fingerprint density at radius 1 is 1.62 bits per heavy atom. The van der Waals surface area contributed by atoms with E-state index in [1.165, 1.54) is 0 Å². The molecule has 0 saturated heterocycles. The molecule has 86 valence electrons. The van der Waals surface area contributed by atoms with Gasteiger partial charge in [-0.2, -0.15) is 0 Å². The third-order valence-electron chi connectivity index (χ3n) is 2.92. The summed E-state index contributed by atoms with van der Waals surface area (Å²) in [7, 11) is 0. The second kappa shape index (κ2) is 4.51. The number of amides is 1. The summed E-state index contributed by atoms with van der Waals surface area (Å²) in [4.78, 5) is 15.8. The lowest BCUT2D eigenvalue weighted by Gasteiger charge is -2.38. The van der Waals surface area contributed by atoms with Crippen LogP contribution in [0.3, 0.4) is 0 Å². The van der Waals surface area contributed by atoms with Crippen LogP contribution < -0.4 is 11.1 Å². The van der Waals surface area contributed by atoms with E-state index < -0.39 is 0 Å². The summed E-state index contributed by atoms with van der Waals surface area (Å²) in [6.07, 6.45) is 4.72. The van der Waals surface area contributed by atoms with Crippen molar-refractivity contribution in [3.63, 3.8) is 0 Å². The van der Waals surface area contributed by atoms with Gasteiger partial charge in [0.1, 0.15) is 5.69 Å². The Morgan fingerprint density at radius 2 is 2.38 bits per heavy atom. The highest BCUT2D eigenvalue weighted by Crippen LogP contribution is 2.28. The highest BCUT2D eigenvalue weighted by atomic mass is 79.9. The molecular weight excluding hydrogens is 270 g/mol. The molecule has 0 unspecified atom stereocenters. The molecule has 1 saturated carbocycles. The van der Waals surface area contributed by atoms with Crippen LogP contribution in [0.25, 0.3) is 0 Å². The molecule has 0 aliphatic heterocycles. The number of carbonyl (C=O) groups is 1. The van der Waals surface area contributed by atoms with Crippen molar-refractivity contribution in [1.82, 2.24) is 10.3 Å². The maximum Gasteiger partial charge on any atom is 0.271 e. The zero-order valence-corrected chi connectivity index (χ0v) is 10.5. The number of nitrogens with zero attached hydrogens (tertiary/aromatic N) is 1. The van der Waals surface area contributed by atoms with Gasteiger partial charge in [-0.05, 0) is 47.3 Å². The van der Waals surface area contributed by atoms with Gasteiger partial charge in [0, 0.05) is 22.8 Å². The van der Waals surface area contributed by atoms with Crippen LogP contribution in [0.4, 0.5) is 0 Å². The van der Waals surface area contributed by atoms with Gasteiger partial charge in [0.2, 0.25) is 0 Å². The Labute approximate surface area is 103 Å². The Balaban J connectivity index is 1.96. The van der Waals surface area contributed by atoms with Gasteiger partial charge in [0.05, 0.1) is 0 Å². The van der Waals surface area contributed by atoms with E-state index in [2.05, 4.69) is 26.2 Å². The number of halogens is 1. The fourth-order valence-corrected chi connectivity index (χ4v) is 2.14. The van der Waals surface area contributed by atoms with Gasteiger partial charge in [-0.15, -0.1) is 0 Å². The van der Waals surface area contributed by atoms with Crippen molar-refractivity contribution in [3.05, 3.63) is 28.5 Å². The first-order valence-corrected chi connectivity index (χ1v) is 6.08. The number of hydrogen-bond donors (Lipinski definition) is 2. The third kappa shape index (κ3) is 2.41. The van der Waals surface area contributed by atoms with E-state index in [1.54, 1.807) is 18.3 Å². The van der Waals surface area contributed by atoms with Crippen molar-refractivity contribution in [2.45, 2.75) is 24.8 Å². The smallest absolute Gasteiger partial charge is 0.271 e. The lowest BCUT2D eigenvalue weighted by molar-refractivity contribution is 0.0924. The summed E-state index contributed by atoms with van der Waals surface area (Å²) in [5.41, 5.74) is 6.23. The normalized spacial score (nSPS) is 17.6. The van der Waals surface area contributed by atoms with Crippen molar-refractivity contribution in [2.24, 2.45) is 5.73 Å². The second-order valence-corrected chi connectivity index (χ2v) is 5.09. The number of aromatic nitrogens is 1. The van der Waals surface area contributed by atoms with Crippen LogP contribution in [0.2, 0.25) is 0 Å². The molecule has 2 rings (SSSR count). The minimum Gasteiger partial charge on any atom is -0.349 e. The fourth-order valence-electron chi connectivity index (χ4n) is 1.70. The number of carbonyl (C=O) groups excluding carboxylic acids is 1. The van der Waals surface area contributed by atoms with Gasteiger partial charge in [0.15, 0.2) is 0 Å². The van der Waals surface area contributed by atoms with Crippen molar-refractivity contribution >= 4 is 21.8 Å². The predicted molar refractivity (Wildman–Crippen MR) is 65.0 cm³/mol. The standard InChI is InChI=1S/C11H14BrN3O/c12-8-3-1-6-14-9(8)10(16)15-7-11(13)4-2-5-11/h1,3,6H,2,4-5,7,13H2,(H,15,16). The number of hydrogen-bond acceptors (Lipinski definition) is 3. The number of pyridine rings is 1. The summed E-state index contributed by atoms with van der Waals surface area (Å²) >= 11 is 3.29. The van der Waals surface area contributed by atoms with Crippen LogP contribution in [0.5, 0.6) is 0 Å². The summed E-state index contributed by atoms with van der Waals surface area (Å²) in [6, 6.07) is 3.57. The maximum absolute atomic E-state index is 11.8. The molecule has 1 fully saturated rings. The van der Waals surface area contributed by atoms with E-state index in [0.717, 1.165) is 19.3 Å². The number of nitrogens with one attached hydrogen (secondary N) is 1. The van der Waals surface area contributed by atoms with Crippen molar-refractivity contribution in [2.75, 3.05) is 6.54 Å². The lowest BCUT2D eigenvalue weighted by atomic mass is 9.78. The molecule has 4 nitrogen and oxygen atoms in total. The van der Waals surface area contributed by atoms with Crippen molar-refractivity contribution in [3.8, 4) is 0 Å². The number of nitrogens with two attached hydrogens (primary N) is 1. The summed E-state index contributed by atoms with van der Waals surface area (Å²) < 4.78 is 0.701. The number of rotatable bonds is 3. The van der Waals surface area contributed by atoms with E-state index in [-0.39, 0.29) is 11.4 Å². The van der Waals surface area contributed by atoms with Crippen LogP contribution in [-0.2, 0) is 0 Å². The van der Waals surface area contributed by atoms with Crippen LogP contribution in [0.1, 0.15) is 29.8 Å². The molecule has 1 aliphatic rings. The molecule has 0 spiro atoms. The van der Waals surface area contributed by atoms with Gasteiger partial charge in [-0.25, -0.2) is 4.98 Å². The second-order valence-electron chi connectivity index (χ2n) is 4.23. The van der Waals surface area contributed by atoms with Gasteiger partial charge >= 0.3 is 0 Å². The van der Waals surface area contributed by atoms with E-state index >= 15 is 0 Å². The summed E-state index contributed by atoms with van der Waals surface area (Å²) in [6.45, 7) is 0.523. The highest BCUT2D eigenvalue weighted by Gasteiger charge is 2.32. The minimum absolute atomic E-state index is 0.177. The predicted octanol–water partition coefficient (Wildman–Crippen LogP) is 1.46. The monoisotopic (exact) mass is 283 g/mol. The van der Waals surface area contributed by atoms with E-state index in [0.29, 0.717) is 16.7 Å².